The highest BCUT2D eigenvalue weighted by atomic mass is 19.1. The molecule has 4 aliphatic rings. The lowest BCUT2D eigenvalue weighted by molar-refractivity contribution is -0.120. The average molecular weight is 915 g/mol. The van der Waals surface area contributed by atoms with Gasteiger partial charge in [0, 0.05) is 75.8 Å². The van der Waals surface area contributed by atoms with E-state index in [1.807, 2.05) is 43.9 Å². The maximum Gasteiger partial charge on any atom is 0.409 e. The molecule has 19 nitrogen and oxygen atoms in total. The van der Waals surface area contributed by atoms with Gasteiger partial charge in [-0.15, -0.1) is 0 Å². The fourth-order valence-corrected chi connectivity index (χ4v) is 9.52. The zero-order valence-electron chi connectivity index (χ0n) is 38.2. The lowest BCUT2D eigenvalue weighted by Gasteiger charge is -2.36. The van der Waals surface area contributed by atoms with Crippen molar-refractivity contribution in [2.45, 2.75) is 95.9 Å². The molecule has 350 valence electrons. The minimum atomic E-state index is -0.553. The van der Waals surface area contributed by atoms with E-state index in [4.69, 9.17) is 30.1 Å². The number of hydrogen-bond donors (Lipinski definition) is 2. The van der Waals surface area contributed by atoms with E-state index in [-0.39, 0.29) is 48.2 Å². The third kappa shape index (κ3) is 8.64. The molecular weight excluding hydrogens is 860 g/mol. The van der Waals surface area contributed by atoms with E-state index in [2.05, 4.69) is 42.7 Å². The Labute approximate surface area is 385 Å². The van der Waals surface area contributed by atoms with Crippen molar-refractivity contribution < 1.29 is 28.0 Å². The van der Waals surface area contributed by atoms with E-state index >= 15 is 4.39 Å². The molecule has 2 saturated heterocycles. The van der Waals surface area contributed by atoms with Gasteiger partial charge in [0.05, 0.1) is 23.1 Å². The maximum atomic E-state index is 16.1. The third-order valence-electron chi connectivity index (χ3n) is 13.3. The van der Waals surface area contributed by atoms with Crippen LogP contribution in [0.4, 0.5) is 25.6 Å². The molecule has 67 heavy (non-hydrogen) atoms. The quantitative estimate of drug-likeness (QED) is 0.121. The van der Waals surface area contributed by atoms with Gasteiger partial charge >= 0.3 is 12.1 Å². The summed E-state index contributed by atoms with van der Waals surface area (Å²) < 4.78 is 31.0. The lowest BCUT2D eigenvalue weighted by Crippen LogP contribution is -2.49. The van der Waals surface area contributed by atoms with Crippen molar-refractivity contribution in [2.75, 3.05) is 50.0 Å². The van der Waals surface area contributed by atoms with Crippen molar-refractivity contribution >= 4 is 51.6 Å². The number of nitrogen functional groups attached to an aromatic ring is 1. The van der Waals surface area contributed by atoms with Crippen LogP contribution in [0.1, 0.15) is 101 Å². The molecule has 1 aromatic carbocycles. The normalized spacial score (nSPS) is 18.4. The first kappa shape index (κ1) is 43.9. The van der Waals surface area contributed by atoms with Crippen LogP contribution < -0.4 is 16.0 Å². The van der Waals surface area contributed by atoms with Crippen LogP contribution in [0.5, 0.6) is 0 Å². The van der Waals surface area contributed by atoms with E-state index in [0.717, 1.165) is 69.4 Å². The number of piperidine rings is 1. The topological polar surface area (TPSA) is 221 Å². The smallest absolute Gasteiger partial charge is 0.409 e. The first-order valence-electron chi connectivity index (χ1n) is 23.2. The van der Waals surface area contributed by atoms with E-state index < -0.39 is 6.03 Å². The molecule has 1 atom stereocenters. The molecule has 1 unspecified atom stereocenters. The second-order valence-corrected chi connectivity index (χ2v) is 19.1. The lowest BCUT2D eigenvalue weighted by atomic mass is 9.91. The molecule has 5 aromatic heterocycles. The number of nitrogens with two attached hydrogens (primary N) is 1. The predicted octanol–water partition coefficient (Wildman–Crippen LogP) is 6.80. The second-order valence-electron chi connectivity index (χ2n) is 19.1. The molecule has 3 N–H and O–H groups in total. The number of anilines is 2. The monoisotopic (exact) mass is 914 g/mol. The largest absolute Gasteiger partial charge is 0.449 e. The van der Waals surface area contributed by atoms with Gasteiger partial charge in [0.1, 0.15) is 29.0 Å². The molecule has 20 heteroatoms. The van der Waals surface area contributed by atoms with Crippen LogP contribution in [0.2, 0.25) is 0 Å². The molecule has 8 heterocycles. The van der Waals surface area contributed by atoms with Crippen LogP contribution in [-0.4, -0.2) is 112 Å². The molecular formula is C47H55FN14O5. The molecule has 1 aliphatic carbocycles. The number of aryl methyl sites for hydroxylation is 2. The average Bonchev–Trinajstić information content (AvgIpc) is 3.78. The number of aromatic nitrogens is 9. The minimum Gasteiger partial charge on any atom is -0.449 e. The van der Waals surface area contributed by atoms with E-state index in [0.29, 0.717) is 93.9 Å². The van der Waals surface area contributed by atoms with Crippen LogP contribution in [0, 0.1) is 11.7 Å². The predicted molar refractivity (Wildman–Crippen MR) is 246 cm³/mol. The number of unbranched alkanes of at least 4 members (excludes halogenated alkanes) is 1. The first-order valence-corrected chi connectivity index (χ1v) is 23.2. The number of ether oxygens (including phenoxy) is 1. The molecule has 10 rings (SSSR count). The number of rotatable bonds is 12. The van der Waals surface area contributed by atoms with Crippen molar-refractivity contribution in [1.29, 1.82) is 0 Å². The van der Waals surface area contributed by atoms with Crippen LogP contribution in [0.25, 0.3) is 44.7 Å². The Morgan fingerprint density at radius 1 is 0.970 bits per heavy atom. The first-order chi connectivity index (χ1) is 32.3. The summed E-state index contributed by atoms with van der Waals surface area (Å²) >= 11 is 0. The Morgan fingerprint density at radius 3 is 2.48 bits per heavy atom. The van der Waals surface area contributed by atoms with Crippen molar-refractivity contribution in [1.82, 2.24) is 59.8 Å². The SMILES string of the molecule is Cn1nc(N2CCC(=O)NC2=O)c2ccc(C3C=CN(CC4CCN(C(=O)OCCCCc5cnc(-c6c(-c7nn(C(C)(C)C)c8ncnc(N)c78)noc6C6CC6)nc5)CC4)CC3)c(F)c21. The summed E-state index contributed by atoms with van der Waals surface area (Å²) in [6.07, 6.45) is 15.9. The molecule has 3 fully saturated rings. The summed E-state index contributed by atoms with van der Waals surface area (Å²) in [5.41, 5.74) is 10.3. The second kappa shape index (κ2) is 17.7. The van der Waals surface area contributed by atoms with Gasteiger partial charge in [-0.3, -0.25) is 19.7 Å². The van der Waals surface area contributed by atoms with Crippen molar-refractivity contribution in [2.24, 2.45) is 13.0 Å². The molecule has 4 amide bonds. The number of carbonyl (C=O) groups is 3. The zero-order chi connectivity index (χ0) is 46.6. The van der Waals surface area contributed by atoms with Crippen LogP contribution in [-0.2, 0) is 28.5 Å². The van der Waals surface area contributed by atoms with E-state index in [1.54, 1.807) is 18.0 Å². The van der Waals surface area contributed by atoms with E-state index in [9.17, 15) is 14.4 Å². The van der Waals surface area contributed by atoms with Crippen LogP contribution in [0.15, 0.2) is 47.7 Å². The van der Waals surface area contributed by atoms with Gasteiger partial charge in [0.25, 0.3) is 0 Å². The fourth-order valence-electron chi connectivity index (χ4n) is 9.52. The van der Waals surface area contributed by atoms with Gasteiger partial charge in [0.15, 0.2) is 28.9 Å². The molecule has 3 aliphatic heterocycles. The standard InChI is InChI=1S/C47H55FN14O5/c1-47(2,3)62-44-35(41(49)52-26-53-44)37(55-62)38-34(40(67-57-38)30-8-9-30)42-50-23-28(24-51-42)7-5-6-22-66-46(65)60-19-12-27(13-20-60)25-59-17-14-29(15-18-59)31-10-11-32-39(36(31)48)58(4)56-43(32)61-21-16-33(63)54-45(61)64/h10-11,14,17,23-24,26-27,29-30H,5-9,12-13,15-16,18-22,25H2,1-4H3,(H2,49,52,53)(H,54,63,64). The number of benzene rings is 1. The van der Waals surface area contributed by atoms with Gasteiger partial charge in [-0.1, -0.05) is 17.3 Å². The van der Waals surface area contributed by atoms with Crippen LogP contribution in [0.3, 0.4) is 0 Å². The van der Waals surface area contributed by atoms with Gasteiger partial charge in [-0.25, -0.2) is 38.6 Å². The van der Waals surface area contributed by atoms with Gasteiger partial charge in [-0.2, -0.15) is 10.2 Å². The highest BCUT2D eigenvalue weighted by molar-refractivity contribution is 6.09. The Hall–Kier alpha value is -6.99. The van der Waals surface area contributed by atoms with Gasteiger partial charge in [-0.05, 0) is 101 Å². The summed E-state index contributed by atoms with van der Waals surface area (Å²) in [4.78, 5) is 61.0. The number of halogens is 1. The van der Waals surface area contributed by atoms with Gasteiger partial charge in [0.2, 0.25) is 5.91 Å². The number of fused-ring (bicyclic) bond motifs is 2. The summed E-state index contributed by atoms with van der Waals surface area (Å²) in [5, 5.41) is 17.3. The number of imide groups is 1. The maximum absolute atomic E-state index is 16.1. The van der Waals surface area contributed by atoms with E-state index in [1.165, 1.54) is 15.9 Å². The number of nitrogens with one attached hydrogen (secondary N) is 1. The number of carbonyl (C=O) groups excluding carboxylic acids is 3. The Balaban J connectivity index is 0.680. The Bertz CT molecular complexity index is 2890. The summed E-state index contributed by atoms with van der Waals surface area (Å²) in [6, 6.07) is 3.04. The van der Waals surface area contributed by atoms with Crippen molar-refractivity contribution in [3.8, 4) is 22.8 Å². The summed E-state index contributed by atoms with van der Waals surface area (Å²) in [6.45, 7) is 9.62. The van der Waals surface area contributed by atoms with Crippen molar-refractivity contribution in [3.63, 3.8) is 0 Å². The Kier molecular flexibility index (Phi) is 11.6. The number of hydrogen-bond acceptors (Lipinski definition) is 14. The third-order valence-corrected chi connectivity index (χ3v) is 13.3. The number of urea groups is 1. The minimum absolute atomic E-state index is 0.102. The highest BCUT2D eigenvalue weighted by Crippen LogP contribution is 2.48. The molecule has 0 bridgehead atoms. The fraction of sp³-hybridized carbons (Fsp3) is 0.489. The van der Waals surface area contributed by atoms with Crippen molar-refractivity contribution in [3.05, 3.63) is 65.8 Å². The number of allylic oxidation sites excluding steroid dienone is 1. The number of amides is 4. The Morgan fingerprint density at radius 2 is 1.76 bits per heavy atom. The number of likely N-dealkylation sites (tertiary alicyclic amines) is 1. The molecule has 0 spiro atoms. The van der Waals surface area contributed by atoms with Crippen LogP contribution >= 0.6 is 0 Å². The molecule has 0 radical (unpaired) electrons. The molecule has 6 aromatic rings. The van der Waals surface area contributed by atoms with Gasteiger partial charge < -0.3 is 24.8 Å². The summed E-state index contributed by atoms with van der Waals surface area (Å²) in [5.74, 6) is 1.78. The molecule has 1 saturated carbocycles. The zero-order valence-corrected chi connectivity index (χ0v) is 38.2. The highest BCUT2D eigenvalue weighted by Gasteiger charge is 2.37. The number of nitrogens with zero attached hydrogens (tertiary/aromatic N) is 12. The summed E-state index contributed by atoms with van der Waals surface area (Å²) in [7, 11) is 1.66.